The summed E-state index contributed by atoms with van der Waals surface area (Å²) in [6.07, 6.45) is 0.311. The van der Waals surface area contributed by atoms with Crippen LogP contribution in [0.25, 0.3) is 0 Å². The van der Waals surface area contributed by atoms with Crippen molar-refractivity contribution < 1.29 is 24.3 Å². The summed E-state index contributed by atoms with van der Waals surface area (Å²) in [6.45, 7) is 5.10. The lowest BCUT2D eigenvalue weighted by atomic mass is 10.0. The fraction of sp³-hybridized carbons (Fsp3) is 0.714. The van der Waals surface area contributed by atoms with Crippen molar-refractivity contribution in [2.45, 2.75) is 58.2 Å². The van der Waals surface area contributed by atoms with Crippen molar-refractivity contribution in [3.63, 3.8) is 0 Å². The molecule has 0 aromatic carbocycles. The average molecular weight is 330 g/mol. The number of aliphatic carboxylic acids is 1. The predicted molar refractivity (Wildman–Crippen MR) is 83.0 cm³/mol. The number of hydrogen-bond donors (Lipinski definition) is 5. The van der Waals surface area contributed by atoms with Crippen molar-refractivity contribution in [1.29, 1.82) is 0 Å². The van der Waals surface area contributed by atoms with E-state index in [1.54, 1.807) is 0 Å². The summed E-state index contributed by atoms with van der Waals surface area (Å²) >= 11 is 0. The van der Waals surface area contributed by atoms with E-state index >= 15 is 0 Å². The number of amides is 3. The molecule has 0 saturated heterocycles. The molecule has 0 aliphatic heterocycles. The van der Waals surface area contributed by atoms with Crippen LogP contribution in [0.15, 0.2) is 0 Å². The van der Waals surface area contributed by atoms with Crippen LogP contribution >= 0.6 is 0 Å². The molecule has 0 aliphatic rings. The van der Waals surface area contributed by atoms with Gasteiger partial charge in [-0.3, -0.25) is 14.4 Å². The first kappa shape index (κ1) is 20.8. The summed E-state index contributed by atoms with van der Waals surface area (Å²) in [5.41, 5.74) is 10.6. The maximum Gasteiger partial charge on any atom is 0.326 e. The van der Waals surface area contributed by atoms with Gasteiger partial charge in [-0.2, -0.15) is 0 Å². The van der Waals surface area contributed by atoms with Crippen LogP contribution in [0.1, 0.15) is 40.0 Å². The van der Waals surface area contributed by atoms with E-state index in [9.17, 15) is 19.2 Å². The van der Waals surface area contributed by atoms with Crippen LogP contribution in [-0.4, -0.2) is 46.9 Å². The van der Waals surface area contributed by atoms with Crippen LogP contribution in [-0.2, 0) is 19.2 Å². The smallest absolute Gasteiger partial charge is 0.326 e. The van der Waals surface area contributed by atoms with E-state index < -0.39 is 41.8 Å². The van der Waals surface area contributed by atoms with E-state index in [2.05, 4.69) is 10.6 Å². The highest BCUT2D eigenvalue weighted by Crippen LogP contribution is 2.05. The van der Waals surface area contributed by atoms with Crippen LogP contribution in [0, 0.1) is 5.92 Å². The zero-order valence-electron chi connectivity index (χ0n) is 13.7. The molecule has 0 aromatic heterocycles. The molecule has 0 radical (unpaired) electrons. The van der Waals surface area contributed by atoms with Crippen LogP contribution in [0.3, 0.4) is 0 Å². The summed E-state index contributed by atoms with van der Waals surface area (Å²) in [5.74, 6) is -2.84. The van der Waals surface area contributed by atoms with Gasteiger partial charge in [0.05, 0.1) is 6.04 Å². The fourth-order valence-electron chi connectivity index (χ4n) is 1.80. The van der Waals surface area contributed by atoms with Crippen molar-refractivity contribution in [1.82, 2.24) is 10.6 Å². The first-order valence-electron chi connectivity index (χ1n) is 7.42. The van der Waals surface area contributed by atoms with Crippen molar-refractivity contribution in [3.05, 3.63) is 0 Å². The maximum absolute atomic E-state index is 12.0. The molecule has 3 amide bonds. The number of hydrogen-bond acceptors (Lipinski definition) is 5. The molecule has 0 bridgehead atoms. The Morgan fingerprint density at radius 1 is 1.04 bits per heavy atom. The minimum absolute atomic E-state index is 0.0371. The van der Waals surface area contributed by atoms with Gasteiger partial charge in [0.2, 0.25) is 17.7 Å². The highest BCUT2D eigenvalue weighted by Gasteiger charge is 2.25. The first-order chi connectivity index (χ1) is 10.5. The van der Waals surface area contributed by atoms with Gasteiger partial charge in [-0.1, -0.05) is 13.8 Å². The minimum atomic E-state index is -1.14. The molecule has 3 atom stereocenters. The van der Waals surface area contributed by atoms with E-state index in [4.69, 9.17) is 16.6 Å². The van der Waals surface area contributed by atoms with E-state index in [1.807, 2.05) is 13.8 Å². The standard InChI is InChI=1S/C14H26N4O5/c1-7(2)6-10(14(22)23)18-12(20)8(3)17-13(21)9(15)4-5-11(16)19/h7-10H,4-6,15H2,1-3H3,(H2,16,19)(H,17,21)(H,18,20)(H,22,23). The molecule has 0 fully saturated rings. The zero-order valence-corrected chi connectivity index (χ0v) is 13.7. The Hall–Kier alpha value is -2.16. The quantitative estimate of drug-likeness (QED) is 0.334. The number of nitrogens with one attached hydrogen (secondary N) is 2. The lowest BCUT2D eigenvalue weighted by molar-refractivity contribution is -0.142. The summed E-state index contributed by atoms with van der Waals surface area (Å²) in [4.78, 5) is 45.5. The van der Waals surface area contributed by atoms with Crippen LogP contribution in [0.2, 0.25) is 0 Å². The third-order valence-electron chi connectivity index (χ3n) is 3.11. The van der Waals surface area contributed by atoms with Gasteiger partial charge in [0.15, 0.2) is 0 Å². The molecule has 0 rings (SSSR count). The second-order valence-electron chi connectivity index (χ2n) is 5.87. The number of carbonyl (C=O) groups is 4. The van der Waals surface area contributed by atoms with Gasteiger partial charge >= 0.3 is 5.97 Å². The normalized spacial score (nSPS) is 14.7. The Bertz CT molecular complexity index is 452. The molecule has 0 aromatic rings. The topological polar surface area (TPSA) is 165 Å². The molecule has 132 valence electrons. The number of carboxylic acids is 1. The van der Waals surface area contributed by atoms with Gasteiger partial charge < -0.3 is 27.2 Å². The van der Waals surface area contributed by atoms with Crippen molar-refractivity contribution in [2.24, 2.45) is 17.4 Å². The number of rotatable bonds is 10. The van der Waals surface area contributed by atoms with E-state index in [1.165, 1.54) is 6.92 Å². The SMILES string of the molecule is CC(C)CC(NC(=O)C(C)NC(=O)C(N)CCC(N)=O)C(=O)O. The molecule has 9 nitrogen and oxygen atoms in total. The van der Waals surface area contributed by atoms with E-state index in [0.29, 0.717) is 0 Å². The summed E-state index contributed by atoms with van der Waals surface area (Å²) in [7, 11) is 0. The van der Waals surface area contributed by atoms with E-state index in [-0.39, 0.29) is 25.2 Å². The first-order valence-corrected chi connectivity index (χ1v) is 7.42. The number of carboxylic acid groups (broad SMARTS) is 1. The highest BCUT2D eigenvalue weighted by atomic mass is 16.4. The summed E-state index contributed by atoms with van der Waals surface area (Å²) in [6, 6.07) is -2.94. The molecule has 0 aliphatic carbocycles. The largest absolute Gasteiger partial charge is 0.480 e. The summed E-state index contributed by atoms with van der Waals surface area (Å²) < 4.78 is 0. The van der Waals surface area contributed by atoms with Gasteiger partial charge in [-0.25, -0.2) is 4.79 Å². The molecular formula is C14H26N4O5. The second kappa shape index (κ2) is 9.78. The maximum atomic E-state index is 12.0. The third-order valence-corrected chi connectivity index (χ3v) is 3.11. The molecule has 7 N–H and O–H groups in total. The van der Waals surface area contributed by atoms with Crippen LogP contribution < -0.4 is 22.1 Å². The minimum Gasteiger partial charge on any atom is -0.480 e. The number of nitrogens with two attached hydrogens (primary N) is 2. The van der Waals surface area contributed by atoms with E-state index in [0.717, 1.165) is 0 Å². The Balaban J connectivity index is 4.50. The lowest BCUT2D eigenvalue weighted by Gasteiger charge is -2.21. The Labute approximate surface area is 135 Å². The van der Waals surface area contributed by atoms with Crippen molar-refractivity contribution >= 4 is 23.7 Å². The monoisotopic (exact) mass is 330 g/mol. The molecular weight excluding hydrogens is 304 g/mol. The van der Waals surface area contributed by atoms with Crippen molar-refractivity contribution in [3.8, 4) is 0 Å². The Morgan fingerprint density at radius 2 is 1.61 bits per heavy atom. The number of primary amides is 1. The van der Waals surface area contributed by atoms with Gasteiger partial charge in [-0.15, -0.1) is 0 Å². The van der Waals surface area contributed by atoms with Gasteiger partial charge in [-0.05, 0) is 25.7 Å². The molecule has 9 heteroatoms. The fourth-order valence-corrected chi connectivity index (χ4v) is 1.80. The molecule has 23 heavy (non-hydrogen) atoms. The van der Waals surface area contributed by atoms with Gasteiger partial charge in [0, 0.05) is 6.42 Å². The Kier molecular flexibility index (Phi) is 8.86. The lowest BCUT2D eigenvalue weighted by Crippen LogP contribution is -2.53. The van der Waals surface area contributed by atoms with Gasteiger partial charge in [0.1, 0.15) is 12.1 Å². The molecule has 0 heterocycles. The zero-order chi connectivity index (χ0) is 18.2. The number of carbonyl (C=O) groups excluding carboxylic acids is 3. The Morgan fingerprint density at radius 3 is 2.04 bits per heavy atom. The molecule has 3 unspecified atom stereocenters. The average Bonchev–Trinajstić information content (AvgIpc) is 2.42. The molecule has 0 spiro atoms. The predicted octanol–water partition coefficient (Wildman–Crippen LogP) is -1.30. The van der Waals surface area contributed by atoms with Crippen LogP contribution in [0.4, 0.5) is 0 Å². The second-order valence-corrected chi connectivity index (χ2v) is 5.87. The summed E-state index contributed by atoms with van der Waals surface area (Å²) in [5, 5.41) is 13.8. The van der Waals surface area contributed by atoms with Crippen LogP contribution in [0.5, 0.6) is 0 Å². The molecule has 0 saturated carbocycles. The highest BCUT2D eigenvalue weighted by molar-refractivity contribution is 5.91. The van der Waals surface area contributed by atoms with Crippen molar-refractivity contribution in [2.75, 3.05) is 0 Å². The van der Waals surface area contributed by atoms with Gasteiger partial charge in [0.25, 0.3) is 0 Å². The third kappa shape index (κ3) is 8.77.